The summed E-state index contributed by atoms with van der Waals surface area (Å²) in [4.78, 5) is 14.0. The molecule has 1 unspecified atom stereocenters. The Morgan fingerprint density at radius 2 is 2.11 bits per heavy atom. The maximum Gasteiger partial charge on any atom is 0.321 e. The van der Waals surface area contributed by atoms with Gasteiger partial charge in [-0.2, -0.15) is 4.72 Å². The predicted molar refractivity (Wildman–Crippen MR) is 65.4 cm³/mol. The Morgan fingerprint density at radius 1 is 1.47 bits per heavy atom. The Balaban J connectivity index is 2.97. The summed E-state index contributed by atoms with van der Waals surface area (Å²) in [6, 6.07) is -0.475. The summed E-state index contributed by atoms with van der Waals surface area (Å²) in [7, 11) is -4.11. The first-order chi connectivity index (χ1) is 8.72. The van der Waals surface area contributed by atoms with Crippen molar-refractivity contribution in [2.45, 2.75) is 31.2 Å². The minimum atomic E-state index is -4.11. The molecule has 106 valence electrons. The van der Waals surface area contributed by atoms with E-state index in [1.165, 1.54) is 0 Å². The molecule has 19 heavy (non-hydrogen) atoms. The van der Waals surface area contributed by atoms with E-state index in [1.54, 1.807) is 13.8 Å². The third-order valence-electron chi connectivity index (χ3n) is 2.29. The van der Waals surface area contributed by atoms with Crippen molar-refractivity contribution in [3.05, 3.63) is 24.3 Å². The van der Waals surface area contributed by atoms with Crippen molar-refractivity contribution in [2.75, 3.05) is 0 Å². The van der Waals surface area contributed by atoms with Crippen molar-refractivity contribution in [3.8, 4) is 0 Å². The van der Waals surface area contributed by atoms with Crippen LogP contribution in [-0.4, -0.2) is 30.5 Å². The Labute approximate surface area is 110 Å². The number of hydrogen-bond acceptors (Lipinski definition) is 4. The zero-order valence-corrected chi connectivity index (χ0v) is 11.3. The number of aromatic nitrogens is 1. The molecule has 1 aromatic rings. The van der Waals surface area contributed by atoms with Gasteiger partial charge in [-0.1, -0.05) is 13.8 Å². The van der Waals surface area contributed by atoms with Crippen molar-refractivity contribution < 1.29 is 22.7 Å². The van der Waals surface area contributed by atoms with Crippen molar-refractivity contribution in [3.63, 3.8) is 0 Å². The Bertz CT molecular complexity index is 560. The largest absolute Gasteiger partial charge is 0.480 e. The van der Waals surface area contributed by atoms with E-state index in [2.05, 4.69) is 4.98 Å². The fourth-order valence-electron chi connectivity index (χ4n) is 1.47. The second kappa shape index (κ2) is 6.07. The minimum absolute atomic E-state index is 0.00515. The lowest BCUT2D eigenvalue weighted by molar-refractivity contribution is -0.139. The van der Waals surface area contributed by atoms with E-state index >= 15 is 0 Å². The monoisotopic (exact) mass is 290 g/mol. The number of pyridine rings is 1. The molecule has 0 saturated carbocycles. The molecule has 1 rings (SSSR count). The molecule has 0 saturated heterocycles. The van der Waals surface area contributed by atoms with Crippen LogP contribution >= 0.6 is 0 Å². The fraction of sp³-hybridized carbons (Fsp3) is 0.455. The molecule has 0 amide bonds. The summed E-state index contributed by atoms with van der Waals surface area (Å²) < 4.78 is 38.8. The summed E-state index contributed by atoms with van der Waals surface area (Å²) in [6.07, 6.45) is 1.96. The summed E-state index contributed by atoms with van der Waals surface area (Å²) >= 11 is 0. The van der Waals surface area contributed by atoms with Gasteiger partial charge in [0, 0.05) is 6.20 Å². The smallest absolute Gasteiger partial charge is 0.321 e. The molecular weight excluding hydrogens is 275 g/mol. The highest BCUT2D eigenvalue weighted by atomic mass is 32.2. The van der Waals surface area contributed by atoms with Gasteiger partial charge in [0.1, 0.15) is 16.8 Å². The molecule has 0 bridgehead atoms. The molecule has 0 aliphatic carbocycles. The van der Waals surface area contributed by atoms with Crippen molar-refractivity contribution in [1.29, 1.82) is 0 Å². The second-order valence-electron chi connectivity index (χ2n) is 4.48. The molecule has 0 aliphatic heterocycles. The molecule has 0 radical (unpaired) electrons. The molecule has 8 heteroatoms. The van der Waals surface area contributed by atoms with Crippen LogP contribution in [0.3, 0.4) is 0 Å². The molecule has 0 aromatic carbocycles. The van der Waals surface area contributed by atoms with Crippen molar-refractivity contribution >= 4 is 16.0 Å². The van der Waals surface area contributed by atoms with Gasteiger partial charge in [0.2, 0.25) is 10.0 Å². The molecule has 0 aliphatic rings. The van der Waals surface area contributed by atoms with Crippen LogP contribution in [0.25, 0.3) is 0 Å². The fourth-order valence-corrected chi connectivity index (χ4v) is 2.64. The molecule has 0 fully saturated rings. The topological polar surface area (TPSA) is 96.4 Å². The van der Waals surface area contributed by atoms with E-state index in [0.717, 1.165) is 18.5 Å². The summed E-state index contributed by atoms with van der Waals surface area (Å²) in [5, 5.41) is 8.97. The number of aliphatic carboxylic acids is 1. The third-order valence-corrected chi connectivity index (χ3v) is 3.73. The van der Waals surface area contributed by atoms with Crippen LogP contribution in [0.2, 0.25) is 0 Å². The lowest BCUT2D eigenvalue weighted by atomic mass is 10.1. The summed E-state index contributed by atoms with van der Waals surface area (Å²) in [6.45, 7) is 3.54. The standard InChI is InChI=1S/C11H15FN2O4S/c1-7(2)3-10(11(15)16)14-19(17,18)9-4-8(12)5-13-6-9/h4-7,10,14H,3H2,1-2H3,(H,15,16). The number of sulfonamides is 1. The lowest BCUT2D eigenvalue weighted by Gasteiger charge is -2.16. The van der Waals surface area contributed by atoms with Crippen LogP contribution in [-0.2, 0) is 14.8 Å². The van der Waals surface area contributed by atoms with Crippen LogP contribution in [0.15, 0.2) is 23.4 Å². The molecule has 2 N–H and O–H groups in total. The van der Waals surface area contributed by atoms with Gasteiger partial charge >= 0.3 is 5.97 Å². The Morgan fingerprint density at radius 3 is 2.58 bits per heavy atom. The molecule has 1 heterocycles. The maximum atomic E-state index is 12.9. The molecule has 6 nitrogen and oxygen atoms in total. The van der Waals surface area contributed by atoms with Crippen LogP contribution in [0.1, 0.15) is 20.3 Å². The highest BCUT2D eigenvalue weighted by molar-refractivity contribution is 7.89. The van der Waals surface area contributed by atoms with E-state index in [9.17, 15) is 17.6 Å². The van der Waals surface area contributed by atoms with E-state index in [0.29, 0.717) is 0 Å². The number of rotatable bonds is 6. The Hall–Kier alpha value is -1.54. The SMILES string of the molecule is CC(C)CC(NS(=O)(=O)c1cncc(F)c1)C(=O)O. The molecule has 1 atom stereocenters. The van der Waals surface area contributed by atoms with Crippen LogP contribution in [0.4, 0.5) is 4.39 Å². The number of carbonyl (C=O) groups is 1. The number of halogens is 1. The highest BCUT2D eigenvalue weighted by Gasteiger charge is 2.26. The van der Waals surface area contributed by atoms with Gasteiger partial charge in [0.25, 0.3) is 0 Å². The van der Waals surface area contributed by atoms with E-state index in [-0.39, 0.29) is 12.3 Å². The number of nitrogens with zero attached hydrogens (tertiary/aromatic N) is 1. The average Bonchev–Trinajstić information content (AvgIpc) is 2.27. The van der Waals surface area contributed by atoms with Gasteiger partial charge in [-0.05, 0) is 18.4 Å². The first-order valence-electron chi connectivity index (χ1n) is 5.58. The number of carboxylic acid groups (broad SMARTS) is 1. The second-order valence-corrected chi connectivity index (χ2v) is 6.19. The van der Waals surface area contributed by atoms with E-state index < -0.39 is 32.7 Å². The van der Waals surface area contributed by atoms with Gasteiger partial charge in [-0.3, -0.25) is 9.78 Å². The summed E-state index contributed by atoms with van der Waals surface area (Å²) in [5.41, 5.74) is 0. The quantitative estimate of drug-likeness (QED) is 0.814. The van der Waals surface area contributed by atoms with Crippen LogP contribution < -0.4 is 4.72 Å². The molecule has 0 spiro atoms. The predicted octanol–water partition coefficient (Wildman–Crippen LogP) is 0.998. The number of hydrogen-bond donors (Lipinski definition) is 2. The van der Waals surface area contributed by atoms with Crippen molar-refractivity contribution in [2.24, 2.45) is 5.92 Å². The number of carboxylic acids is 1. The van der Waals surface area contributed by atoms with Crippen molar-refractivity contribution in [1.82, 2.24) is 9.71 Å². The molecular formula is C11H15FN2O4S. The van der Waals surface area contributed by atoms with Gasteiger partial charge in [0.05, 0.1) is 6.20 Å². The van der Waals surface area contributed by atoms with Crippen LogP contribution in [0.5, 0.6) is 0 Å². The van der Waals surface area contributed by atoms with Gasteiger partial charge < -0.3 is 5.11 Å². The lowest BCUT2D eigenvalue weighted by Crippen LogP contribution is -2.41. The zero-order chi connectivity index (χ0) is 14.6. The molecule has 1 aromatic heterocycles. The first kappa shape index (κ1) is 15.5. The summed E-state index contributed by atoms with van der Waals surface area (Å²) in [5.74, 6) is -2.09. The maximum absolute atomic E-state index is 12.9. The van der Waals surface area contributed by atoms with Gasteiger partial charge in [-0.25, -0.2) is 12.8 Å². The Kier molecular flexibility index (Phi) is 4.96. The average molecular weight is 290 g/mol. The van der Waals surface area contributed by atoms with Gasteiger partial charge in [0.15, 0.2) is 0 Å². The van der Waals surface area contributed by atoms with E-state index in [1.807, 2.05) is 4.72 Å². The zero-order valence-electron chi connectivity index (χ0n) is 10.5. The normalized spacial score (nSPS) is 13.5. The number of nitrogens with one attached hydrogen (secondary N) is 1. The third kappa shape index (κ3) is 4.56. The minimum Gasteiger partial charge on any atom is -0.480 e. The highest BCUT2D eigenvalue weighted by Crippen LogP contribution is 2.12. The first-order valence-corrected chi connectivity index (χ1v) is 7.06. The van der Waals surface area contributed by atoms with Crippen LogP contribution in [0, 0.1) is 11.7 Å². The van der Waals surface area contributed by atoms with Gasteiger partial charge in [-0.15, -0.1) is 0 Å². The van der Waals surface area contributed by atoms with E-state index in [4.69, 9.17) is 5.11 Å².